The van der Waals surface area contributed by atoms with Gasteiger partial charge in [0.2, 0.25) is 17.6 Å². The lowest BCUT2D eigenvalue weighted by Gasteiger charge is -2.12. The minimum atomic E-state index is -4.49. The Labute approximate surface area is 157 Å². The van der Waals surface area contributed by atoms with Gasteiger partial charge in [0.25, 0.3) is 0 Å². The summed E-state index contributed by atoms with van der Waals surface area (Å²) in [6, 6.07) is 9.10. The summed E-state index contributed by atoms with van der Waals surface area (Å²) in [5, 5.41) is 6.19. The van der Waals surface area contributed by atoms with E-state index in [1.165, 1.54) is 43.3 Å². The molecule has 0 aliphatic heterocycles. The summed E-state index contributed by atoms with van der Waals surface area (Å²) in [5.41, 5.74) is -0.114. The second-order valence-electron chi connectivity index (χ2n) is 6.09. The van der Waals surface area contributed by atoms with E-state index in [4.69, 9.17) is 4.52 Å². The number of benzene rings is 2. The number of nitrogens with zero attached hydrogens (tertiary/aromatic N) is 2. The average Bonchev–Trinajstić information content (AvgIpc) is 3.10. The first kappa shape index (κ1) is 19.5. The van der Waals surface area contributed by atoms with E-state index in [2.05, 4.69) is 15.5 Å². The maximum Gasteiger partial charge on any atom is 0.416 e. The predicted octanol–water partition coefficient (Wildman–Crippen LogP) is 4.77. The van der Waals surface area contributed by atoms with Gasteiger partial charge in [0.1, 0.15) is 5.82 Å². The van der Waals surface area contributed by atoms with Crippen LogP contribution in [0.1, 0.15) is 23.4 Å². The standard InChI is InChI=1S/C19H15F4N3O2/c1-11-2-7-14(10-15(11)19(21,22)23)24-16(27)8-9-17-25-18(26-28-17)12-3-5-13(20)6-4-12/h2-7,10H,8-9H2,1H3,(H,24,27). The average molecular weight is 393 g/mol. The third-order valence-corrected chi connectivity index (χ3v) is 3.96. The molecule has 2 aromatic carbocycles. The zero-order chi connectivity index (χ0) is 20.3. The molecule has 0 aliphatic rings. The second kappa shape index (κ2) is 7.79. The van der Waals surface area contributed by atoms with Crippen molar-refractivity contribution >= 4 is 11.6 Å². The molecule has 0 saturated heterocycles. The molecule has 0 unspecified atom stereocenters. The Morgan fingerprint density at radius 2 is 1.86 bits per heavy atom. The van der Waals surface area contributed by atoms with Gasteiger partial charge in [-0.1, -0.05) is 11.2 Å². The summed E-state index contributed by atoms with van der Waals surface area (Å²) in [4.78, 5) is 16.1. The van der Waals surface area contributed by atoms with Crippen molar-refractivity contribution in [3.8, 4) is 11.4 Å². The summed E-state index contributed by atoms with van der Waals surface area (Å²) in [7, 11) is 0. The molecular weight excluding hydrogens is 378 g/mol. The maximum absolute atomic E-state index is 12.9. The van der Waals surface area contributed by atoms with Gasteiger partial charge in [0, 0.05) is 24.1 Å². The first-order valence-corrected chi connectivity index (χ1v) is 8.28. The van der Waals surface area contributed by atoms with Crippen LogP contribution in [0.15, 0.2) is 47.0 Å². The predicted molar refractivity (Wildman–Crippen MR) is 92.8 cm³/mol. The number of alkyl halides is 3. The molecule has 1 heterocycles. The van der Waals surface area contributed by atoms with Crippen molar-refractivity contribution in [3.05, 3.63) is 65.3 Å². The van der Waals surface area contributed by atoms with Crippen LogP contribution in [0.4, 0.5) is 23.2 Å². The van der Waals surface area contributed by atoms with Gasteiger partial charge >= 0.3 is 6.18 Å². The van der Waals surface area contributed by atoms with Crippen molar-refractivity contribution in [1.82, 2.24) is 10.1 Å². The third-order valence-electron chi connectivity index (χ3n) is 3.96. The fraction of sp³-hybridized carbons (Fsp3) is 0.211. The van der Waals surface area contributed by atoms with Crippen LogP contribution in [-0.2, 0) is 17.4 Å². The highest BCUT2D eigenvalue weighted by Crippen LogP contribution is 2.33. The number of hydrogen-bond acceptors (Lipinski definition) is 4. The molecule has 1 amide bonds. The van der Waals surface area contributed by atoms with E-state index in [0.717, 1.165) is 6.07 Å². The summed E-state index contributed by atoms with van der Waals surface area (Å²) in [5.74, 6) is -0.439. The van der Waals surface area contributed by atoms with Crippen molar-refractivity contribution in [1.29, 1.82) is 0 Å². The number of carbonyl (C=O) groups is 1. The number of aryl methyl sites for hydroxylation is 2. The fourth-order valence-electron chi connectivity index (χ4n) is 2.52. The fourth-order valence-corrected chi connectivity index (χ4v) is 2.52. The number of carbonyl (C=O) groups excluding carboxylic acids is 1. The van der Waals surface area contributed by atoms with E-state index < -0.39 is 23.5 Å². The van der Waals surface area contributed by atoms with Gasteiger partial charge < -0.3 is 9.84 Å². The smallest absolute Gasteiger partial charge is 0.339 e. The van der Waals surface area contributed by atoms with Gasteiger partial charge in [-0.15, -0.1) is 0 Å². The van der Waals surface area contributed by atoms with Crippen molar-refractivity contribution in [2.75, 3.05) is 5.32 Å². The summed E-state index contributed by atoms with van der Waals surface area (Å²) in [6.45, 7) is 1.35. The Bertz CT molecular complexity index is 982. The minimum Gasteiger partial charge on any atom is -0.339 e. The molecule has 0 spiro atoms. The van der Waals surface area contributed by atoms with Crippen LogP contribution >= 0.6 is 0 Å². The zero-order valence-electron chi connectivity index (χ0n) is 14.7. The SMILES string of the molecule is Cc1ccc(NC(=O)CCc2nc(-c3ccc(F)cc3)no2)cc1C(F)(F)F. The molecule has 3 rings (SSSR count). The van der Waals surface area contributed by atoms with Crippen LogP contribution < -0.4 is 5.32 Å². The van der Waals surface area contributed by atoms with Gasteiger partial charge in [-0.3, -0.25) is 4.79 Å². The van der Waals surface area contributed by atoms with E-state index in [1.807, 2.05) is 0 Å². The molecule has 146 valence electrons. The van der Waals surface area contributed by atoms with E-state index in [-0.39, 0.29) is 35.8 Å². The van der Waals surface area contributed by atoms with E-state index >= 15 is 0 Å². The van der Waals surface area contributed by atoms with E-state index in [1.54, 1.807) is 0 Å². The van der Waals surface area contributed by atoms with Crippen molar-refractivity contribution in [2.45, 2.75) is 25.9 Å². The largest absolute Gasteiger partial charge is 0.416 e. The second-order valence-corrected chi connectivity index (χ2v) is 6.09. The van der Waals surface area contributed by atoms with Crippen LogP contribution in [0.25, 0.3) is 11.4 Å². The number of nitrogens with one attached hydrogen (secondary N) is 1. The Kier molecular flexibility index (Phi) is 5.43. The minimum absolute atomic E-state index is 0.0553. The van der Waals surface area contributed by atoms with Crippen molar-refractivity contribution < 1.29 is 26.9 Å². The number of anilines is 1. The van der Waals surface area contributed by atoms with Crippen molar-refractivity contribution in [3.63, 3.8) is 0 Å². The lowest BCUT2D eigenvalue weighted by atomic mass is 10.1. The number of hydrogen-bond donors (Lipinski definition) is 1. The molecule has 0 saturated carbocycles. The number of halogens is 4. The number of rotatable bonds is 5. The molecule has 1 N–H and O–H groups in total. The topological polar surface area (TPSA) is 68.0 Å². The van der Waals surface area contributed by atoms with Crippen LogP contribution in [0.3, 0.4) is 0 Å². The highest BCUT2D eigenvalue weighted by atomic mass is 19.4. The molecule has 0 radical (unpaired) electrons. The lowest BCUT2D eigenvalue weighted by molar-refractivity contribution is -0.138. The van der Waals surface area contributed by atoms with E-state index in [9.17, 15) is 22.4 Å². The highest BCUT2D eigenvalue weighted by molar-refractivity contribution is 5.90. The van der Waals surface area contributed by atoms with Crippen LogP contribution in [0, 0.1) is 12.7 Å². The normalized spacial score (nSPS) is 11.5. The molecule has 5 nitrogen and oxygen atoms in total. The van der Waals surface area contributed by atoms with Crippen molar-refractivity contribution in [2.24, 2.45) is 0 Å². The molecule has 0 atom stereocenters. The quantitative estimate of drug-likeness (QED) is 0.634. The molecular formula is C19H15F4N3O2. The Morgan fingerprint density at radius 1 is 1.14 bits per heavy atom. The molecule has 0 fully saturated rings. The van der Waals surface area contributed by atoms with Gasteiger partial charge in [-0.25, -0.2) is 4.39 Å². The summed E-state index contributed by atoms with van der Waals surface area (Å²) < 4.78 is 56.8. The highest BCUT2D eigenvalue weighted by Gasteiger charge is 2.32. The molecule has 9 heteroatoms. The zero-order valence-corrected chi connectivity index (χ0v) is 14.7. The molecule has 3 aromatic rings. The molecule has 0 bridgehead atoms. The van der Waals surface area contributed by atoms with Crippen LogP contribution in [-0.4, -0.2) is 16.0 Å². The summed E-state index contributed by atoms with van der Waals surface area (Å²) in [6.07, 6.45) is -4.44. The number of aromatic nitrogens is 2. The van der Waals surface area contributed by atoms with Crippen LogP contribution in [0.5, 0.6) is 0 Å². The third kappa shape index (κ3) is 4.73. The Balaban J connectivity index is 1.60. The first-order chi connectivity index (χ1) is 13.2. The molecule has 0 aliphatic carbocycles. The number of amides is 1. The van der Waals surface area contributed by atoms with Crippen LogP contribution in [0.2, 0.25) is 0 Å². The monoisotopic (exact) mass is 393 g/mol. The van der Waals surface area contributed by atoms with E-state index in [0.29, 0.717) is 5.56 Å². The molecule has 1 aromatic heterocycles. The van der Waals surface area contributed by atoms with Gasteiger partial charge in [-0.05, 0) is 48.9 Å². The van der Waals surface area contributed by atoms with Gasteiger partial charge in [0.15, 0.2) is 0 Å². The first-order valence-electron chi connectivity index (χ1n) is 8.28. The van der Waals surface area contributed by atoms with Gasteiger partial charge in [-0.2, -0.15) is 18.2 Å². The maximum atomic E-state index is 12.9. The Hall–Kier alpha value is -3.23. The van der Waals surface area contributed by atoms with Gasteiger partial charge in [0.05, 0.1) is 5.56 Å². The Morgan fingerprint density at radius 3 is 2.54 bits per heavy atom. The lowest BCUT2D eigenvalue weighted by Crippen LogP contribution is -2.14. The summed E-state index contributed by atoms with van der Waals surface area (Å²) >= 11 is 0. The molecule has 28 heavy (non-hydrogen) atoms.